The van der Waals surface area contributed by atoms with Crippen LogP contribution in [0.25, 0.3) is 0 Å². The summed E-state index contributed by atoms with van der Waals surface area (Å²) in [5.41, 5.74) is 1.66. The first kappa shape index (κ1) is 22.9. The number of hydrogen-bond acceptors (Lipinski definition) is 5. The smallest absolute Gasteiger partial charge is 0.249 e. The number of aromatic amines is 1. The fraction of sp³-hybridized carbons (Fsp3) is 0.722. The largest absolute Gasteiger partial charge is 0.375 e. The summed E-state index contributed by atoms with van der Waals surface area (Å²) in [4.78, 5) is 37.1. The number of nitrogens with one attached hydrogen (secondary N) is 2. The highest BCUT2D eigenvalue weighted by molar-refractivity contribution is 5.85. The van der Waals surface area contributed by atoms with Crippen molar-refractivity contribution in [3.8, 4) is 0 Å². The minimum Gasteiger partial charge on any atom is -0.375 e. The van der Waals surface area contributed by atoms with Crippen molar-refractivity contribution < 1.29 is 14.3 Å². The molecular formula is C18H29Cl2N5O3. The lowest BCUT2D eigenvalue weighted by atomic mass is 9.78. The number of rotatable bonds is 3. The molecule has 1 spiro atoms. The molecule has 2 amide bonds. The molecule has 0 aromatic carbocycles. The molecule has 0 saturated carbocycles. The Labute approximate surface area is 177 Å². The molecule has 0 aliphatic carbocycles. The Morgan fingerprint density at radius 3 is 2.68 bits per heavy atom. The van der Waals surface area contributed by atoms with E-state index in [1.54, 1.807) is 13.4 Å². The number of imidazole rings is 1. The van der Waals surface area contributed by atoms with Gasteiger partial charge in [-0.1, -0.05) is 0 Å². The van der Waals surface area contributed by atoms with Crippen LogP contribution in [0.5, 0.6) is 0 Å². The minimum absolute atomic E-state index is 0. The number of piperidine rings is 1. The van der Waals surface area contributed by atoms with Crippen LogP contribution >= 0.6 is 24.8 Å². The Morgan fingerprint density at radius 1 is 1.29 bits per heavy atom. The maximum atomic E-state index is 12.7. The van der Waals surface area contributed by atoms with Gasteiger partial charge in [0, 0.05) is 38.9 Å². The first-order valence-corrected chi connectivity index (χ1v) is 9.50. The second-order valence-corrected chi connectivity index (χ2v) is 7.46. The van der Waals surface area contributed by atoms with E-state index >= 15 is 0 Å². The number of halogens is 2. The Hall–Kier alpha value is -1.35. The summed E-state index contributed by atoms with van der Waals surface area (Å²) in [5, 5.41) is 3.29. The highest BCUT2D eigenvalue weighted by Gasteiger charge is 2.49. The maximum Gasteiger partial charge on any atom is 0.249 e. The molecule has 1 atom stereocenters. The lowest BCUT2D eigenvalue weighted by molar-refractivity contribution is -0.148. The molecule has 28 heavy (non-hydrogen) atoms. The van der Waals surface area contributed by atoms with E-state index < -0.39 is 5.54 Å². The van der Waals surface area contributed by atoms with Gasteiger partial charge < -0.3 is 24.8 Å². The monoisotopic (exact) mass is 433 g/mol. The number of H-pyrrole nitrogens is 1. The summed E-state index contributed by atoms with van der Waals surface area (Å²) in [5.74, 6) is 0.198. The molecule has 3 aliphatic rings. The number of likely N-dealkylation sites (tertiary alicyclic amines) is 1. The number of hydrogen-bond donors (Lipinski definition) is 2. The van der Waals surface area contributed by atoms with Crippen molar-refractivity contribution in [1.82, 2.24) is 25.1 Å². The number of carbonyl (C=O) groups is 2. The predicted octanol–water partition coefficient (Wildman–Crippen LogP) is 0.854. The van der Waals surface area contributed by atoms with Gasteiger partial charge in [0.2, 0.25) is 11.8 Å². The maximum absolute atomic E-state index is 12.7. The van der Waals surface area contributed by atoms with Crippen molar-refractivity contribution in [1.29, 1.82) is 0 Å². The summed E-state index contributed by atoms with van der Waals surface area (Å²) < 4.78 is 5.09. The summed E-state index contributed by atoms with van der Waals surface area (Å²) in [6, 6.07) is -0.0393. The van der Waals surface area contributed by atoms with E-state index in [1.807, 2.05) is 9.80 Å². The number of carbonyl (C=O) groups excluding carboxylic acids is 2. The third-order valence-corrected chi connectivity index (χ3v) is 6.09. The van der Waals surface area contributed by atoms with Crippen LogP contribution in [0.1, 0.15) is 37.1 Å². The van der Waals surface area contributed by atoms with E-state index in [0.717, 1.165) is 50.0 Å². The van der Waals surface area contributed by atoms with Crippen LogP contribution in [0.4, 0.5) is 0 Å². The van der Waals surface area contributed by atoms with Crippen LogP contribution in [-0.2, 0) is 26.3 Å². The topological polar surface area (TPSA) is 90.6 Å². The van der Waals surface area contributed by atoms with Gasteiger partial charge in [-0.25, -0.2) is 4.98 Å². The standard InChI is InChI=1S/C18H27N5O3.2ClH/c1-26-11-15(24)23-8-4-13-16(21-12-20-13)18(23)5-9-22(10-6-18)17(25)14-3-2-7-19-14;;/h12,14,19H,2-11H2,1H3,(H,20,21);2*1H. The third-order valence-electron chi connectivity index (χ3n) is 6.09. The molecular weight excluding hydrogens is 405 g/mol. The van der Waals surface area contributed by atoms with Gasteiger partial charge in [0.25, 0.3) is 0 Å². The molecule has 3 aliphatic heterocycles. The zero-order valence-corrected chi connectivity index (χ0v) is 17.7. The lowest BCUT2D eigenvalue weighted by Gasteiger charge is -2.50. The number of fused-ring (bicyclic) bond motifs is 2. The second kappa shape index (κ2) is 9.43. The zero-order chi connectivity index (χ0) is 18.1. The Bertz CT molecular complexity index is 685. The average molecular weight is 434 g/mol. The Balaban J connectivity index is 0.00000140. The number of aromatic nitrogens is 2. The van der Waals surface area contributed by atoms with Crippen molar-refractivity contribution >= 4 is 36.6 Å². The van der Waals surface area contributed by atoms with Crippen molar-refractivity contribution in [2.75, 3.05) is 39.9 Å². The highest BCUT2D eigenvalue weighted by Crippen LogP contribution is 2.42. The van der Waals surface area contributed by atoms with Gasteiger partial charge in [0.05, 0.1) is 23.6 Å². The van der Waals surface area contributed by atoms with Crippen LogP contribution in [0.3, 0.4) is 0 Å². The normalized spacial score (nSPS) is 23.0. The van der Waals surface area contributed by atoms with Gasteiger partial charge >= 0.3 is 0 Å². The van der Waals surface area contributed by atoms with Crippen molar-refractivity contribution in [3.63, 3.8) is 0 Å². The fourth-order valence-corrected chi connectivity index (χ4v) is 4.76. The minimum atomic E-state index is -0.427. The molecule has 1 aromatic heterocycles. The first-order valence-electron chi connectivity index (χ1n) is 9.50. The molecule has 2 N–H and O–H groups in total. The molecule has 4 heterocycles. The fourth-order valence-electron chi connectivity index (χ4n) is 4.76. The van der Waals surface area contributed by atoms with Crippen molar-refractivity contribution in [2.24, 2.45) is 0 Å². The van der Waals surface area contributed by atoms with Gasteiger partial charge in [0.1, 0.15) is 6.61 Å². The zero-order valence-electron chi connectivity index (χ0n) is 16.1. The van der Waals surface area contributed by atoms with Crippen LogP contribution < -0.4 is 5.32 Å². The SMILES string of the molecule is COCC(=O)N1CCc2[nH]cnc2C12CCN(C(=O)C1CCCN1)CC2.Cl.Cl. The van der Waals surface area contributed by atoms with Crippen LogP contribution in [0, 0.1) is 0 Å². The van der Waals surface area contributed by atoms with Crippen molar-refractivity contribution in [3.05, 3.63) is 17.7 Å². The Kier molecular flexibility index (Phi) is 7.73. The number of methoxy groups -OCH3 is 1. The van der Waals surface area contributed by atoms with Gasteiger partial charge in [-0.2, -0.15) is 0 Å². The van der Waals surface area contributed by atoms with Gasteiger partial charge in [-0.3, -0.25) is 9.59 Å². The van der Waals surface area contributed by atoms with E-state index in [-0.39, 0.29) is 49.3 Å². The first-order chi connectivity index (χ1) is 12.7. The molecule has 0 radical (unpaired) electrons. The van der Waals surface area contributed by atoms with Crippen LogP contribution in [-0.4, -0.2) is 77.5 Å². The molecule has 10 heteroatoms. The van der Waals surface area contributed by atoms with E-state index in [9.17, 15) is 9.59 Å². The average Bonchev–Trinajstić information content (AvgIpc) is 3.34. The molecule has 0 bridgehead atoms. The number of nitrogens with zero attached hydrogens (tertiary/aromatic N) is 3. The van der Waals surface area contributed by atoms with E-state index in [2.05, 4.69) is 15.3 Å². The van der Waals surface area contributed by atoms with Gasteiger partial charge in [-0.15, -0.1) is 24.8 Å². The highest BCUT2D eigenvalue weighted by atomic mass is 35.5. The third kappa shape index (κ3) is 3.87. The van der Waals surface area contributed by atoms with Gasteiger partial charge in [0.15, 0.2) is 0 Å². The molecule has 8 nitrogen and oxygen atoms in total. The van der Waals surface area contributed by atoms with E-state index in [0.29, 0.717) is 19.6 Å². The molecule has 158 valence electrons. The van der Waals surface area contributed by atoms with Crippen molar-refractivity contribution in [2.45, 2.75) is 43.7 Å². The van der Waals surface area contributed by atoms with Crippen LogP contribution in [0.2, 0.25) is 0 Å². The Morgan fingerprint density at radius 2 is 2.04 bits per heavy atom. The molecule has 1 unspecified atom stereocenters. The predicted molar refractivity (Wildman–Crippen MR) is 109 cm³/mol. The summed E-state index contributed by atoms with van der Waals surface area (Å²) in [6.07, 6.45) is 5.92. The van der Waals surface area contributed by atoms with E-state index in [1.165, 1.54) is 0 Å². The molecule has 1 aromatic rings. The summed E-state index contributed by atoms with van der Waals surface area (Å²) in [7, 11) is 1.55. The second-order valence-electron chi connectivity index (χ2n) is 7.46. The summed E-state index contributed by atoms with van der Waals surface area (Å²) >= 11 is 0. The van der Waals surface area contributed by atoms with Crippen LogP contribution in [0.15, 0.2) is 6.33 Å². The molecule has 2 saturated heterocycles. The summed E-state index contributed by atoms with van der Waals surface area (Å²) in [6.45, 7) is 2.97. The van der Waals surface area contributed by atoms with E-state index in [4.69, 9.17) is 4.74 Å². The molecule has 4 rings (SSSR count). The number of ether oxygens (including phenoxy) is 1. The lowest BCUT2D eigenvalue weighted by Crippen LogP contribution is -2.60. The van der Waals surface area contributed by atoms with Gasteiger partial charge in [-0.05, 0) is 32.2 Å². The number of amides is 2. The molecule has 2 fully saturated rings. The quantitative estimate of drug-likeness (QED) is 0.737.